The van der Waals surface area contributed by atoms with E-state index in [0.29, 0.717) is 0 Å². The van der Waals surface area contributed by atoms with E-state index >= 15 is 0 Å². The van der Waals surface area contributed by atoms with Crippen LogP contribution in [-0.2, 0) is 9.59 Å². The molecule has 2 N–H and O–H groups in total. The van der Waals surface area contributed by atoms with Crippen molar-refractivity contribution in [2.75, 3.05) is 5.32 Å². The molecule has 1 aromatic rings. The molecule has 90 valence electrons. The lowest BCUT2D eigenvalue weighted by Gasteiger charge is -2.13. The molecule has 0 saturated carbocycles. The third-order valence-electron chi connectivity index (χ3n) is 2.86. The maximum Gasteiger partial charge on any atom is 0.307 e. The zero-order valence-electron chi connectivity index (χ0n) is 8.83. The quantitative estimate of drug-likeness (QED) is 0.828. The Morgan fingerprint density at radius 2 is 2.00 bits per heavy atom. The number of nitrogens with one attached hydrogen (secondary N) is 1. The first-order chi connectivity index (χ1) is 7.91. The molecule has 0 fully saturated rings. The molecule has 0 saturated heterocycles. The lowest BCUT2D eigenvalue weighted by Crippen LogP contribution is -2.24. The van der Waals surface area contributed by atoms with E-state index < -0.39 is 35.3 Å². The van der Waals surface area contributed by atoms with Crippen LogP contribution in [0.2, 0.25) is 0 Å². The van der Waals surface area contributed by atoms with E-state index in [1.54, 1.807) is 0 Å². The number of carboxylic acids is 1. The van der Waals surface area contributed by atoms with E-state index in [4.69, 9.17) is 5.11 Å². The number of rotatable bonds is 2. The molecule has 0 aliphatic carbocycles. The fraction of sp³-hybridized carbons (Fsp3) is 0.273. The summed E-state index contributed by atoms with van der Waals surface area (Å²) in [6, 6.07) is 1.73. The van der Waals surface area contributed by atoms with Gasteiger partial charge in [0.25, 0.3) is 0 Å². The molecule has 0 radical (unpaired) electrons. The van der Waals surface area contributed by atoms with E-state index in [2.05, 4.69) is 5.32 Å². The number of carbonyl (C=O) groups excluding carboxylic acids is 1. The van der Waals surface area contributed by atoms with E-state index in [1.165, 1.54) is 6.92 Å². The van der Waals surface area contributed by atoms with Crippen LogP contribution in [-0.4, -0.2) is 17.0 Å². The van der Waals surface area contributed by atoms with Crippen LogP contribution in [0.5, 0.6) is 0 Å². The largest absolute Gasteiger partial charge is 0.481 e. The van der Waals surface area contributed by atoms with Gasteiger partial charge in [-0.05, 0) is 11.6 Å². The SMILES string of the molecule is CC(C(=O)O)C1C(=O)Nc2cc(F)c(F)cc21. The number of carbonyl (C=O) groups is 2. The van der Waals surface area contributed by atoms with Crippen molar-refractivity contribution in [1.82, 2.24) is 0 Å². The number of halogens is 2. The highest BCUT2D eigenvalue weighted by molar-refractivity contribution is 6.05. The summed E-state index contributed by atoms with van der Waals surface area (Å²) in [5.41, 5.74) is 0.316. The second-order valence-electron chi connectivity index (χ2n) is 3.95. The van der Waals surface area contributed by atoms with Gasteiger partial charge in [0.05, 0.1) is 11.8 Å². The number of hydrogen-bond acceptors (Lipinski definition) is 2. The summed E-state index contributed by atoms with van der Waals surface area (Å²) in [5, 5.41) is 11.2. The zero-order valence-corrected chi connectivity index (χ0v) is 8.83. The molecule has 1 aliphatic heterocycles. The Balaban J connectivity index is 2.50. The van der Waals surface area contributed by atoms with Crippen LogP contribution in [0.25, 0.3) is 0 Å². The van der Waals surface area contributed by atoms with Gasteiger partial charge in [-0.25, -0.2) is 8.78 Å². The van der Waals surface area contributed by atoms with Gasteiger partial charge in [-0.15, -0.1) is 0 Å². The van der Waals surface area contributed by atoms with Crippen molar-refractivity contribution in [3.8, 4) is 0 Å². The van der Waals surface area contributed by atoms with Crippen LogP contribution in [0, 0.1) is 17.6 Å². The molecule has 2 rings (SSSR count). The van der Waals surface area contributed by atoms with Crippen molar-refractivity contribution in [2.45, 2.75) is 12.8 Å². The molecule has 2 unspecified atom stereocenters. The predicted molar refractivity (Wildman–Crippen MR) is 54.5 cm³/mol. The normalized spacial score (nSPS) is 19.7. The summed E-state index contributed by atoms with van der Waals surface area (Å²) in [7, 11) is 0. The molecule has 0 aromatic heterocycles. The standard InChI is InChI=1S/C11H9F2NO3/c1-4(11(16)17)9-5-2-6(12)7(13)3-8(5)14-10(9)15/h2-4,9H,1H3,(H,14,15)(H,16,17). The minimum absolute atomic E-state index is 0.131. The summed E-state index contributed by atoms with van der Waals surface area (Å²) < 4.78 is 26.0. The summed E-state index contributed by atoms with van der Waals surface area (Å²) in [6.07, 6.45) is 0. The Kier molecular flexibility index (Phi) is 2.57. The average Bonchev–Trinajstić information content (AvgIpc) is 2.53. The van der Waals surface area contributed by atoms with Gasteiger partial charge in [0.2, 0.25) is 5.91 Å². The number of anilines is 1. The van der Waals surface area contributed by atoms with Crippen molar-refractivity contribution in [1.29, 1.82) is 0 Å². The van der Waals surface area contributed by atoms with Gasteiger partial charge in [-0.3, -0.25) is 9.59 Å². The third-order valence-corrected chi connectivity index (χ3v) is 2.86. The first kappa shape index (κ1) is 11.5. The maximum absolute atomic E-state index is 13.1. The van der Waals surface area contributed by atoms with E-state index in [1.807, 2.05) is 0 Å². The maximum atomic E-state index is 13.1. The average molecular weight is 241 g/mol. The van der Waals surface area contributed by atoms with Gasteiger partial charge < -0.3 is 10.4 Å². The highest BCUT2D eigenvalue weighted by atomic mass is 19.2. The van der Waals surface area contributed by atoms with Crippen LogP contribution in [0.15, 0.2) is 12.1 Å². The molecule has 17 heavy (non-hydrogen) atoms. The molecule has 1 heterocycles. The zero-order chi connectivity index (χ0) is 12.7. The number of benzene rings is 1. The van der Waals surface area contributed by atoms with Gasteiger partial charge in [0.1, 0.15) is 0 Å². The second kappa shape index (κ2) is 3.80. The summed E-state index contributed by atoms with van der Waals surface area (Å²) >= 11 is 0. The Bertz CT molecular complexity index is 516. The highest BCUT2D eigenvalue weighted by Gasteiger charge is 2.38. The topological polar surface area (TPSA) is 66.4 Å². The molecular weight excluding hydrogens is 232 g/mol. The summed E-state index contributed by atoms with van der Waals surface area (Å²) in [4.78, 5) is 22.4. The molecule has 4 nitrogen and oxygen atoms in total. The van der Waals surface area contributed by atoms with Crippen LogP contribution >= 0.6 is 0 Å². The molecule has 1 aliphatic rings. The fourth-order valence-electron chi connectivity index (χ4n) is 1.92. The Morgan fingerprint density at radius 3 is 2.59 bits per heavy atom. The van der Waals surface area contributed by atoms with Crippen molar-refractivity contribution < 1.29 is 23.5 Å². The Morgan fingerprint density at radius 1 is 1.41 bits per heavy atom. The molecule has 1 aromatic carbocycles. The van der Waals surface area contributed by atoms with Crippen LogP contribution in [0.3, 0.4) is 0 Å². The second-order valence-corrected chi connectivity index (χ2v) is 3.95. The van der Waals surface area contributed by atoms with E-state index in [-0.39, 0.29) is 11.3 Å². The van der Waals surface area contributed by atoms with E-state index in [9.17, 15) is 18.4 Å². The third kappa shape index (κ3) is 1.75. The lowest BCUT2D eigenvalue weighted by molar-refractivity contribution is -0.143. The summed E-state index contributed by atoms with van der Waals surface area (Å²) in [5.74, 6) is -5.88. The molecule has 0 bridgehead atoms. The van der Waals surface area contributed by atoms with Gasteiger partial charge in [-0.1, -0.05) is 6.92 Å². The number of carboxylic acid groups (broad SMARTS) is 1. The smallest absolute Gasteiger partial charge is 0.307 e. The van der Waals surface area contributed by atoms with Crippen molar-refractivity contribution in [2.24, 2.45) is 5.92 Å². The van der Waals surface area contributed by atoms with Gasteiger partial charge >= 0.3 is 5.97 Å². The fourth-order valence-corrected chi connectivity index (χ4v) is 1.92. The molecular formula is C11H9F2NO3. The van der Waals surface area contributed by atoms with Crippen molar-refractivity contribution in [3.63, 3.8) is 0 Å². The van der Waals surface area contributed by atoms with Crippen molar-refractivity contribution in [3.05, 3.63) is 29.3 Å². The Hall–Kier alpha value is -1.98. The number of hydrogen-bond donors (Lipinski definition) is 2. The highest BCUT2D eigenvalue weighted by Crippen LogP contribution is 2.38. The van der Waals surface area contributed by atoms with E-state index in [0.717, 1.165) is 12.1 Å². The molecule has 6 heteroatoms. The number of aliphatic carboxylic acids is 1. The lowest BCUT2D eigenvalue weighted by atomic mass is 9.88. The number of amides is 1. The molecule has 2 atom stereocenters. The monoisotopic (exact) mass is 241 g/mol. The van der Waals surface area contributed by atoms with Crippen molar-refractivity contribution >= 4 is 17.6 Å². The summed E-state index contributed by atoms with van der Waals surface area (Å²) in [6.45, 7) is 1.35. The number of fused-ring (bicyclic) bond motifs is 1. The van der Waals surface area contributed by atoms with Gasteiger partial charge in [0.15, 0.2) is 11.6 Å². The first-order valence-corrected chi connectivity index (χ1v) is 4.94. The van der Waals surface area contributed by atoms with Gasteiger partial charge in [-0.2, -0.15) is 0 Å². The van der Waals surface area contributed by atoms with Crippen LogP contribution < -0.4 is 5.32 Å². The predicted octanol–water partition coefficient (Wildman–Crippen LogP) is 1.72. The Labute approximate surface area is 95.2 Å². The van der Waals surface area contributed by atoms with Crippen LogP contribution in [0.4, 0.5) is 14.5 Å². The first-order valence-electron chi connectivity index (χ1n) is 4.94. The minimum atomic E-state index is -1.16. The van der Waals surface area contributed by atoms with Gasteiger partial charge in [0, 0.05) is 11.8 Å². The van der Waals surface area contributed by atoms with Crippen LogP contribution in [0.1, 0.15) is 18.4 Å². The molecule has 0 spiro atoms. The molecule has 1 amide bonds. The minimum Gasteiger partial charge on any atom is -0.481 e.